The van der Waals surface area contributed by atoms with E-state index in [1.54, 1.807) is 6.07 Å². The molecule has 0 saturated heterocycles. The van der Waals surface area contributed by atoms with Gasteiger partial charge in [0, 0.05) is 14.8 Å². The number of benzene rings is 1. The summed E-state index contributed by atoms with van der Waals surface area (Å²) in [6.07, 6.45) is 1.45. The highest BCUT2D eigenvalue weighted by atomic mass is 127. The maximum Gasteiger partial charge on any atom is 0.274 e. The van der Waals surface area contributed by atoms with E-state index in [1.807, 2.05) is 22.6 Å². The number of pyridine rings is 1. The van der Waals surface area contributed by atoms with Crippen molar-refractivity contribution in [1.82, 2.24) is 4.98 Å². The van der Waals surface area contributed by atoms with Crippen molar-refractivity contribution in [1.29, 1.82) is 0 Å². The standard InChI is InChI=1S/C12H7ClFIN2O/c13-7-3-4-16-11(5-7)12(18)17-10-2-1-8(14)6-9(10)15/h1-6H,(H,17,18). The highest BCUT2D eigenvalue weighted by Crippen LogP contribution is 2.20. The van der Waals surface area contributed by atoms with Crippen molar-refractivity contribution < 1.29 is 9.18 Å². The van der Waals surface area contributed by atoms with Gasteiger partial charge in [0.2, 0.25) is 0 Å². The van der Waals surface area contributed by atoms with Gasteiger partial charge in [-0.25, -0.2) is 4.39 Å². The molecule has 0 aliphatic rings. The van der Waals surface area contributed by atoms with Gasteiger partial charge < -0.3 is 5.32 Å². The van der Waals surface area contributed by atoms with Gasteiger partial charge in [-0.3, -0.25) is 9.78 Å². The van der Waals surface area contributed by atoms with Crippen LogP contribution in [0.5, 0.6) is 0 Å². The summed E-state index contributed by atoms with van der Waals surface area (Å²) in [5.41, 5.74) is 0.742. The highest BCUT2D eigenvalue weighted by Gasteiger charge is 2.10. The summed E-state index contributed by atoms with van der Waals surface area (Å²) in [7, 11) is 0. The average molecular weight is 377 g/mol. The molecule has 0 spiro atoms. The fourth-order valence-corrected chi connectivity index (χ4v) is 2.08. The van der Waals surface area contributed by atoms with Crippen molar-refractivity contribution in [3.63, 3.8) is 0 Å². The monoisotopic (exact) mass is 376 g/mol. The number of carbonyl (C=O) groups is 1. The van der Waals surface area contributed by atoms with Crippen LogP contribution in [0.3, 0.4) is 0 Å². The van der Waals surface area contributed by atoms with Crippen LogP contribution in [-0.4, -0.2) is 10.9 Å². The Morgan fingerprint density at radius 3 is 2.78 bits per heavy atom. The predicted octanol–water partition coefficient (Wildman–Crippen LogP) is 3.73. The number of aromatic nitrogens is 1. The van der Waals surface area contributed by atoms with E-state index in [4.69, 9.17) is 11.6 Å². The second kappa shape index (κ2) is 5.62. The van der Waals surface area contributed by atoms with Gasteiger partial charge in [-0.15, -0.1) is 0 Å². The minimum atomic E-state index is -0.387. The molecule has 0 unspecified atom stereocenters. The van der Waals surface area contributed by atoms with Crippen molar-refractivity contribution >= 4 is 45.8 Å². The lowest BCUT2D eigenvalue weighted by Crippen LogP contribution is -2.14. The van der Waals surface area contributed by atoms with E-state index in [2.05, 4.69) is 10.3 Å². The quantitative estimate of drug-likeness (QED) is 0.812. The highest BCUT2D eigenvalue weighted by molar-refractivity contribution is 14.1. The molecule has 2 rings (SSSR count). The van der Waals surface area contributed by atoms with E-state index >= 15 is 0 Å². The van der Waals surface area contributed by atoms with Crippen LogP contribution < -0.4 is 5.32 Å². The lowest BCUT2D eigenvalue weighted by molar-refractivity contribution is 0.102. The zero-order valence-corrected chi connectivity index (χ0v) is 11.9. The molecule has 0 bridgehead atoms. The van der Waals surface area contributed by atoms with Crippen LogP contribution in [0.15, 0.2) is 36.5 Å². The molecule has 2 aromatic rings. The normalized spacial score (nSPS) is 10.2. The molecule has 0 atom stereocenters. The van der Waals surface area contributed by atoms with Crippen LogP contribution in [0.25, 0.3) is 0 Å². The van der Waals surface area contributed by atoms with Gasteiger partial charge in [-0.05, 0) is 52.9 Å². The largest absolute Gasteiger partial charge is 0.320 e. The van der Waals surface area contributed by atoms with E-state index < -0.39 is 0 Å². The maximum atomic E-state index is 12.9. The van der Waals surface area contributed by atoms with Gasteiger partial charge in [-0.2, -0.15) is 0 Å². The Balaban J connectivity index is 2.21. The van der Waals surface area contributed by atoms with E-state index in [1.165, 1.54) is 30.5 Å². The SMILES string of the molecule is O=C(Nc1ccc(F)cc1I)c1cc(Cl)ccn1. The number of carbonyl (C=O) groups excluding carboxylic acids is 1. The zero-order valence-electron chi connectivity index (χ0n) is 8.95. The summed E-state index contributed by atoms with van der Waals surface area (Å²) in [4.78, 5) is 15.8. The third kappa shape index (κ3) is 3.17. The van der Waals surface area contributed by atoms with Crippen molar-refractivity contribution in [2.75, 3.05) is 5.32 Å². The van der Waals surface area contributed by atoms with E-state index in [-0.39, 0.29) is 17.4 Å². The Labute approximate surface area is 122 Å². The summed E-state index contributed by atoms with van der Waals surface area (Å²) in [5, 5.41) is 3.08. The van der Waals surface area contributed by atoms with Gasteiger partial charge in [0.15, 0.2) is 0 Å². The summed E-state index contributed by atoms with van der Waals surface area (Å²) < 4.78 is 13.5. The van der Waals surface area contributed by atoms with Crippen molar-refractivity contribution in [2.45, 2.75) is 0 Å². The van der Waals surface area contributed by atoms with Crippen LogP contribution in [0.1, 0.15) is 10.5 Å². The first-order chi connectivity index (χ1) is 8.56. The van der Waals surface area contributed by atoms with Crippen molar-refractivity contribution in [3.05, 3.63) is 56.6 Å². The van der Waals surface area contributed by atoms with E-state index in [0.717, 1.165) is 0 Å². The third-order valence-electron chi connectivity index (χ3n) is 2.13. The second-order valence-electron chi connectivity index (χ2n) is 3.44. The summed E-state index contributed by atoms with van der Waals surface area (Å²) >= 11 is 7.72. The molecule has 18 heavy (non-hydrogen) atoms. The first kappa shape index (κ1) is 13.2. The minimum absolute atomic E-state index is 0.211. The number of nitrogens with one attached hydrogen (secondary N) is 1. The molecule has 6 heteroatoms. The minimum Gasteiger partial charge on any atom is -0.320 e. The number of rotatable bonds is 2. The van der Waals surface area contributed by atoms with Gasteiger partial charge in [0.1, 0.15) is 11.5 Å². The first-order valence-electron chi connectivity index (χ1n) is 4.94. The number of halogens is 3. The Kier molecular flexibility index (Phi) is 4.13. The Bertz CT molecular complexity index is 606. The number of anilines is 1. The molecule has 0 fully saturated rings. The molecule has 0 aliphatic carbocycles. The van der Waals surface area contributed by atoms with Gasteiger partial charge >= 0.3 is 0 Å². The summed E-state index contributed by atoms with van der Waals surface area (Å²) in [6, 6.07) is 7.16. The lowest BCUT2D eigenvalue weighted by atomic mass is 10.3. The van der Waals surface area contributed by atoms with Crippen LogP contribution >= 0.6 is 34.2 Å². The number of nitrogens with zero attached hydrogens (tertiary/aromatic N) is 1. The second-order valence-corrected chi connectivity index (χ2v) is 5.04. The molecule has 1 aromatic heterocycles. The zero-order chi connectivity index (χ0) is 13.1. The van der Waals surface area contributed by atoms with Gasteiger partial charge in [0.25, 0.3) is 5.91 Å². The molecular formula is C12H7ClFIN2O. The molecule has 1 amide bonds. The third-order valence-corrected chi connectivity index (χ3v) is 3.26. The lowest BCUT2D eigenvalue weighted by Gasteiger charge is -2.07. The Morgan fingerprint density at radius 1 is 1.33 bits per heavy atom. The molecule has 92 valence electrons. The summed E-state index contributed by atoms with van der Waals surface area (Å²) in [5.74, 6) is -0.736. The Hall–Kier alpha value is -1.21. The first-order valence-corrected chi connectivity index (χ1v) is 6.40. The predicted molar refractivity (Wildman–Crippen MR) is 76.3 cm³/mol. The molecule has 0 radical (unpaired) electrons. The van der Waals surface area contributed by atoms with Crippen LogP contribution in [0.2, 0.25) is 5.02 Å². The molecule has 0 aliphatic heterocycles. The molecule has 0 saturated carbocycles. The molecule has 3 nitrogen and oxygen atoms in total. The van der Waals surface area contributed by atoms with Crippen molar-refractivity contribution in [2.24, 2.45) is 0 Å². The molecular weight excluding hydrogens is 370 g/mol. The molecule has 1 N–H and O–H groups in total. The number of hydrogen-bond acceptors (Lipinski definition) is 2. The summed E-state index contributed by atoms with van der Waals surface area (Å²) in [6.45, 7) is 0. The van der Waals surface area contributed by atoms with Gasteiger partial charge in [-0.1, -0.05) is 11.6 Å². The molecule has 1 aromatic carbocycles. The topological polar surface area (TPSA) is 42.0 Å². The van der Waals surface area contributed by atoms with E-state index in [9.17, 15) is 9.18 Å². The molecule has 1 heterocycles. The smallest absolute Gasteiger partial charge is 0.274 e. The van der Waals surface area contributed by atoms with Crippen LogP contribution in [-0.2, 0) is 0 Å². The van der Waals surface area contributed by atoms with Crippen molar-refractivity contribution in [3.8, 4) is 0 Å². The maximum absolute atomic E-state index is 12.9. The van der Waals surface area contributed by atoms with E-state index in [0.29, 0.717) is 14.3 Å². The number of hydrogen-bond donors (Lipinski definition) is 1. The fourth-order valence-electron chi connectivity index (χ4n) is 1.31. The van der Waals surface area contributed by atoms with Crippen LogP contribution in [0, 0.1) is 9.39 Å². The Morgan fingerprint density at radius 2 is 2.11 bits per heavy atom. The average Bonchev–Trinajstić information content (AvgIpc) is 2.32. The fraction of sp³-hybridized carbons (Fsp3) is 0. The number of amides is 1. The van der Waals surface area contributed by atoms with Crippen LogP contribution in [0.4, 0.5) is 10.1 Å². The van der Waals surface area contributed by atoms with Gasteiger partial charge in [0.05, 0.1) is 5.69 Å².